The molecule has 0 aromatic carbocycles. The van der Waals surface area contributed by atoms with Crippen LogP contribution in [0.3, 0.4) is 0 Å². The molecule has 2 fully saturated rings. The Labute approximate surface area is 135 Å². The molecule has 2 saturated heterocycles. The van der Waals surface area contributed by atoms with E-state index in [1.165, 1.54) is 0 Å². The van der Waals surface area contributed by atoms with Gasteiger partial charge in [0.25, 0.3) is 0 Å². The van der Waals surface area contributed by atoms with Crippen LogP contribution in [0.2, 0.25) is 0 Å². The third-order valence-corrected chi connectivity index (χ3v) is 4.27. The second-order valence-electron chi connectivity index (χ2n) is 5.81. The summed E-state index contributed by atoms with van der Waals surface area (Å²) in [5.41, 5.74) is 0.603. The number of aromatic nitrogens is 1. The lowest BCUT2D eigenvalue weighted by atomic mass is 10.2. The van der Waals surface area contributed by atoms with Crippen molar-refractivity contribution in [1.82, 2.24) is 15.2 Å². The first-order chi connectivity index (χ1) is 11.3. The molecular weight excluding hydrogens is 294 g/mol. The van der Waals surface area contributed by atoms with Gasteiger partial charge in [-0.2, -0.15) is 5.26 Å². The van der Waals surface area contributed by atoms with Gasteiger partial charge in [0.2, 0.25) is 0 Å². The average molecular weight is 315 g/mol. The van der Waals surface area contributed by atoms with Crippen molar-refractivity contribution in [3.63, 3.8) is 0 Å². The normalized spacial score (nSPS) is 21.1. The fraction of sp³-hybridized carbons (Fsp3) is 0.562. The molecule has 3 rings (SSSR count). The van der Waals surface area contributed by atoms with Crippen molar-refractivity contribution in [3.8, 4) is 6.07 Å². The van der Waals surface area contributed by atoms with Crippen molar-refractivity contribution >= 4 is 11.8 Å². The molecule has 122 valence electrons. The lowest BCUT2D eigenvalue weighted by Crippen LogP contribution is -2.52. The lowest BCUT2D eigenvalue weighted by Gasteiger charge is -2.35. The maximum atomic E-state index is 12.2. The van der Waals surface area contributed by atoms with E-state index in [4.69, 9.17) is 10.00 Å². The molecule has 2 aliphatic rings. The molecule has 0 saturated carbocycles. The molecule has 0 radical (unpaired) electrons. The summed E-state index contributed by atoms with van der Waals surface area (Å²) in [5, 5.41) is 11.9. The van der Waals surface area contributed by atoms with E-state index in [0.717, 1.165) is 38.4 Å². The summed E-state index contributed by atoms with van der Waals surface area (Å²) in [6, 6.07) is 5.57. The van der Waals surface area contributed by atoms with Crippen molar-refractivity contribution in [2.75, 3.05) is 44.2 Å². The van der Waals surface area contributed by atoms with Crippen LogP contribution in [0.4, 0.5) is 10.6 Å². The summed E-state index contributed by atoms with van der Waals surface area (Å²) >= 11 is 0. The zero-order valence-electron chi connectivity index (χ0n) is 13.1. The van der Waals surface area contributed by atoms with E-state index >= 15 is 0 Å². The largest absolute Gasteiger partial charge is 0.376 e. The highest BCUT2D eigenvalue weighted by Gasteiger charge is 2.23. The zero-order valence-corrected chi connectivity index (χ0v) is 13.1. The maximum Gasteiger partial charge on any atom is 0.317 e. The summed E-state index contributed by atoms with van der Waals surface area (Å²) in [6.07, 6.45) is 3.91. The minimum Gasteiger partial charge on any atom is -0.376 e. The smallest absolute Gasteiger partial charge is 0.317 e. The number of anilines is 1. The van der Waals surface area contributed by atoms with Crippen LogP contribution < -0.4 is 10.2 Å². The third kappa shape index (κ3) is 3.90. The Bertz CT molecular complexity index is 586. The molecule has 1 atom stereocenters. The Morgan fingerprint density at radius 2 is 2.26 bits per heavy atom. The van der Waals surface area contributed by atoms with Crippen LogP contribution >= 0.6 is 0 Å². The van der Waals surface area contributed by atoms with Crippen molar-refractivity contribution < 1.29 is 9.53 Å². The number of hydrogen-bond acceptors (Lipinski definition) is 5. The van der Waals surface area contributed by atoms with Gasteiger partial charge in [-0.05, 0) is 25.0 Å². The van der Waals surface area contributed by atoms with Gasteiger partial charge in [0.1, 0.15) is 5.82 Å². The van der Waals surface area contributed by atoms with Crippen LogP contribution in [0.1, 0.15) is 18.4 Å². The molecule has 0 aliphatic carbocycles. The molecule has 7 nitrogen and oxygen atoms in total. The number of hydrogen-bond donors (Lipinski definition) is 1. The van der Waals surface area contributed by atoms with E-state index in [1.54, 1.807) is 18.3 Å². The van der Waals surface area contributed by atoms with Gasteiger partial charge >= 0.3 is 6.03 Å². The van der Waals surface area contributed by atoms with Crippen LogP contribution in [0.25, 0.3) is 0 Å². The number of nitriles is 1. The standard InChI is InChI=1S/C16H21N5O2/c17-11-13-3-4-18-15(10-13)20-5-7-21(8-6-20)16(22)19-12-14-2-1-9-23-14/h3-4,10,14H,1-2,5-9,12H2,(H,19,22)/t14-/m0/s1. The topological polar surface area (TPSA) is 81.5 Å². The molecule has 0 bridgehead atoms. The highest BCUT2D eigenvalue weighted by Crippen LogP contribution is 2.15. The molecule has 23 heavy (non-hydrogen) atoms. The van der Waals surface area contributed by atoms with Gasteiger partial charge in [-0.3, -0.25) is 0 Å². The number of ether oxygens (including phenoxy) is 1. The van der Waals surface area contributed by atoms with Gasteiger partial charge in [-0.25, -0.2) is 9.78 Å². The molecule has 2 amide bonds. The second kappa shape index (κ2) is 7.29. The lowest BCUT2D eigenvalue weighted by molar-refractivity contribution is 0.108. The Balaban J connectivity index is 1.47. The van der Waals surface area contributed by atoms with Crippen LogP contribution in [0.5, 0.6) is 0 Å². The van der Waals surface area contributed by atoms with Crippen molar-refractivity contribution in [3.05, 3.63) is 23.9 Å². The molecule has 1 aromatic heterocycles. The fourth-order valence-corrected chi connectivity index (χ4v) is 2.92. The molecule has 0 spiro atoms. The number of carbonyl (C=O) groups excluding carboxylic acids is 1. The molecule has 0 unspecified atom stereocenters. The number of urea groups is 1. The van der Waals surface area contributed by atoms with Crippen molar-refractivity contribution in [1.29, 1.82) is 5.26 Å². The maximum absolute atomic E-state index is 12.2. The summed E-state index contributed by atoms with van der Waals surface area (Å²) < 4.78 is 5.51. The Morgan fingerprint density at radius 1 is 1.43 bits per heavy atom. The average Bonchev–Trinajstić information content (AvgIpc) is 3.13. The van der Waals surface area contributed by atoms with E-state index in [1.807, 2.05) is 4.90 Å². The molecule has 1 N–H and O–H groups in total. The zero-order chi connectivity index (χ0) is 16.1. The van der Waals surface area contributed by atoms with E-state index in [-0.39, 0.29) is 12.1 Å². The van der Waals surface area contributed by atoms with Crippen LogP contribution in [0, 0.1) is 11.3 Å². The van der Waals surface area contributed by atoms with E-state index < -0.39 is 0 Å². The predicted molar refractivity (Wildman–Crippen MR) is 85.1 cm³/mol. The second-order valence-corrected chi connectivity index (χ2v) is 5.81. The monoisotopic (exact) mass is 315 g/mol. The van der Waals surface area contributed by atoms with Gasteiger partial charge in [-0.1, -0.05) is 0 Å². The molecule has 3 heterocycles. The number of rotatable bonds is 3. The fourth-order valence-electron chi connectivity index (χ4n) is 2.92. The van der Waals surface area contributed by atoms with Crippen LogP contribution in [-0.2, 0) is 4.74 Å². The molecular formula is C16H21N5O2. The number of nitrogens with zero attached hydrogens (tertiary/aromatic N) is 4. The van der Waals surface area contributed by atoms with Gasteiger partial charge in [0.15, 0.2) is 0 Å². The first kappa shape index (κ1) is 15.6. The first-order valence-corrected chi connectivity index (χ1v) is 8.02. The molecule has 7 heteroatoms. The highest BCUT2D eigenvalue weighted by molar-refractivity contribution is 5.74. The van der Waals surface area contributed by atoms with E-state index in [9.17, 15) is 4.79 Å². The van der Waals surface area contributed by atoms with Gasteiger partial charge in [0, 0.05) is 45.5 Å². The summed E-state index contributed by atoms with van der Waals surface area (Å²) in [7, 11) is 0. The molecule has 1 aromatic rings. The van der Waals surface area contributed by atoms with Crippen molar-refractivity contribution in [2.45, 2.75) is 18.9 Å². The number of piperazine rings is 1. The quantitative estimate of drug-likeness (QED) is 0.898. The Morgan fingerprint density at radius 3 is 2.96 bits per heavy atom. The van der Waals surface area contributed by atoms with Gasteiger partial charge in [-0.15, -0.1) is 0 Å². The minimum atomic E-state index is -0.0288. The number of carbonyl (C=O) groups is 1. The van der Waals surface area contributed by atoms with Crippen molar-refractivity contribution in [2.24, 2.45) is 0 Å². The summed E-state index contributed by atoms with van der Waals surface area (Å²) in [4.78, 5) is 20.4. The van der Waals surface area contributed by atoms with E-state index in [0.29, 0.717) is 25.2 Å². The Kier molecular flexibility index (Phi) is 4.93. The minimum absolute atomic E-state index is 0.0288. The summed E-state index contributed by atoms with van der Waals surface area (Å²) in [6.45, 7) is 4.12. The van der Waals surface area contributed by atoms with Gasteiger partial charge in [0.05, 0.1) is 17.7 Å². The SMILES string of the molecule is N#Cc1ccnc(N2CCN(C(=O)NC[C@@H]3CCCO3)CC2)c1. The van der Waals surface area contributed by atoms with Crippen LogP contribution in [-0.4, -0.2) is 61.3 Å². The van der Waals surface area contributed by atoms with E-state index in [2.05, 4.69) is 21.3 Å². The summed E-state index contributed by atoms with van der Waals surface area (Å²) in [5.74, 6) is 0.795. The molecule has 2 aliphatic heterocycles. The Hall–Kier alpha value is -2.33. The third-order valence-electron chi connectivity index (χ3n) is 4.27. The number of pyridine rings is 1. The first-order valence-electron chi connectivity index (χ1n) is 8.02. The van der Waals surface area contributed by atoms with Gasteiger partial charge < -0.3 is 19.9 Å². The highest BCUT2D eigenvalue weighted by atomic mass is 16.5. The van der Waals surface area contributed by atoms with Crippen LogP contribution in [0.15, 0.2) is 18.3 Å². The number of nitrogens with one attached hydrogen (secondary N) is 1. The number of amides is 2. The predicted octanol–water partition coefficient (Wildman–Crippen LogP) is 0.964.